The summed E-state index contributed by atoms with van der Waals surface area (Å²) >= 11 is 1.60. The predicted octanol–water partition coefficient (Wildman–Crippen LogP) is 4.98. The quantitative estimate of drug-likeness (QED) is 0.378. The van der Waals surface area contributed by atoms with Gasteiger partial charge in [-0.1, -0.05) is 6.58 Å². The molecule has 1 aromatic heterocycles. The van der Waals surface area contributed by atoms with Crippen molar-refractivity contribution in [3.63, 3.8) is 0 Å². The van der Waals surface area contributed by atoms with Gasteiger partial charge in [0.25, 0.3) is 0 Å². The van der Waals surface area contributed by atoms with Gasteiger partial charge in [-0.25, -0.2) is 4.79 Å². The van der Waals surface area contributed by atoms with E-state index in [1.807, 2.05) is 24.3 Å². The molecule has 0 N–H and O–H groups in total. The van der Waals surface area contributed by atoms with Crippen LogP contribution in [0, 0.1) is 0 Å². The molecule has 2 aromatic carbocycles. The molecule has 3 rings (SSSR count). The van der Waals surface area contributed by atoms with Gasteiger partial charge in [-0.3, -0.25) is 4.79 Å². The molecule has 25 heavy (non-hydrogen) atoms. The third-order valence-corrected chi connectivity index (χ3v) is 4.60. The summed E-state index contributed by atoms with van der Waals surface area (Å²) in [4.78, 5) is 23.7. The molecule has 3 aromatic rings. The van der Waals surface area contributed by atoms with Crippen molar-refractivity contribution >= 4 is 33.4 Å². The lowest BCUT2D eigenvalue weighted by atomic mass is 10.1. The maximum absolute atomic E-state index is 11.5. The van der Waals surface area contributed by atoms with Gasteiger partial charge in [0.15, 0.2) is 0 Å². The normalized spacial score (nSPS) is 10.5. The molecule has 0 unspecified atom stereocenters. The minimum Gasteiger partial charge on any atom is -0.427 e. The van der Waals surface area contributed by atoms with Crippen LogP contribution in [0.15, 0.2) is 60.7 Å². The summed E-state index contributed by atoms with van der Waals surface area (Å²) in [5.74, 6) is 0.245. The second-order valence-electron chi connectivity index (χ2n) is 5.60. The number of carbonyl (C=O) groups excluding carboxylic acids is 2. The van der Waals surface area contributed by atoms with Crippen LogP contribution in [0.3, 0.4) is 0 Å². The Morgan fingerprint density at radius 3 is 2.24 bits per heavy atom. The highest BCUT2D eigenvalue weighted by atomic mass is 32.1. The third-order valence-electron chi connectivity index (χ3n) is 3.45. The zero-order valence-electron chi connectivity index (χ0n) is 13.9. The molecule has 0 aliphatic heterocycles. The van der Waals surface area contributed by atoms with Crippen molar-refractivity contribution < 1.29 is 19.1 Å². The van der Waals surface area contributed by atoms with Crippen molar-refractivity contribution in [3.8, 4) is 21.9 Å². The molecule has 0 saturated heterocycles. The first kappa shape index (κ1) is 16.9. The molecule has 1 heterocycles. The molecule has 0 radical (unpaired) electrons. The van der Waals surface area contributed by atoms with E-state index in [9.17, 15) is 9.59 Å². The van der Waals surface area contributed by atoms with Gasteiger partial charge in [-0.05, 0) is 66.4 Å². The number of hydrogen-bond donors (Lipinski definition) is 0. The van der Waals surface area contributed by atoms with E-state index in [2.05, 4.69) is 12.6 Å². The van der Waals surface area contributed by atoms with Crippen molar-refractivity contribution in [1.82, 2.24) is 0 Å². The Balaban J connectivity index is 1.85. The summed E-state index contributed by atoms with van der Waals surface area (Å²) in [6, 6.07) is 14.9. The van der Waals surface area contributed by atoms with Crippen LogP contribution in [-0.2, 0) is 9.59 Å². The second kappa shape index (κ2) is 6.91. The molecule has 0 fully saturated rings. The third kappa shape index (κ3) is 3.95. The van der Waals surface area contributed by atoms with Crippen molar-refractivity contribution in [1.29, 1.82) is 0 Å². The highest BCUT2D eigenvalue weighted by molar-refractivity contribution is 7.22. The SMILES string of the molecule is C=C(C)C(=O)Oc1ccc(-c2cc3ccc(OC(C)=O)cc3s2)cc1. The fourth-order valence-electron chi connectivity index (χ4n) is 2.26. The largest absolute Gasteiger partial charge is 0.427 e. The number of esters is 2. The summed E-state index contributed by atoms with van der Waals surface area (Å²) in [6.45, 7) is 6.55. The molecular weight excluding hydrogens is 336 g/mol. The van der Waals surface area contributed by atoms with Gasteiger partial charge in [-0.15, -0.1) is 11.3 Å². The number of benzene rings is 2. The minimum absolute atomic E-state index is 0.337. The Morgan fingerprint density at radius 1 is 0.920 bits per heavy atom. The minimum atomic E-state index is -0.437. The standard InChI is InChI=1S/C20H16O4S/c1-12(2)20(22)24-16-7-4-14(5-8-16)18-10-15-6-9-17(23-13(3)21)11-19(15)25-18/h4-11H,1H2,2-3H3. The van der Waals surface area contributed by atoms with E-state index in [0.717, 1.165) is 20.5 Å². The van der Waals surface area contributed by atoms with E-state index in [0.29, 0.717) is 17.1 Å². The number of hydrogen-bond acceptors (Lipinski definition) is 5. The topological polar surface area (TPSA) is 52.6 Å². The average molecular weight is 352 g/mol. The predicted molar refractivity (Wildman–Crippen MR) is 99.0 cm³/mol. The number of carbonyl (C=O) groups is 2. The number of fused-ring (bicyclic) bond motifs is 1. The van der Waals surface area contributed by atoms with Gasteiger partial charge >= 0.3 is 11.9 Å². The fourth-order valence-corrected chi connectivity index (χ4v) is 3.36. The molecular formula is C20H16O4S. The first-order chi connectivity index (χ1) is 11.9. The van der Waals surface area contributed by atoms with Crippen molar-refractivity contribution in [3.05, 3.63) is 60.7 Å². The molecule has 4 nitrogen and oxygen atoms in total. The lowest BCUT2D eigenvalue weighted by Crippen LogP contribution is -2.07. The molecule has 0 amide bonds. The molecule has 0 bridgehead atoms. The Bertz CT molecular complexity index is 967. The molecule has 0 aliphatic rings. The van der Waals surface area contributed by atoms with E-state index in [-0.39, 0.29) is 5.97 Å². The van der Waals surface area contributed by atoms with Crippen LogP contribution in [0.5, 0.6) is 11.5 Å². The molecule has 0 aliphatic carbocycles. The van der Waals surface area contributed by atoms with Crippen LogP contribution >= 0.6 is 11.3 Å². The zero-order valence-corrected chi connectivity index (χ0v) is 14.7. The van der Waals surface area contributed by atoms with Crippen molar-refractivity contribution in [2.45, 2.75) is 13.8 Å². The molecule has 0 atom stereocenters. The molecule has 0 spiro atoms. The van der Waals surface area contributed by atoms with Crippen molar-refractivity contribution in [2.24, 2.45) is 0 Å². The van der Waals surface area contributed by atoms with E-state index < -0.39 is 5.97 Å². The van der Waals surface area contributed by atoms with Crippen LogP contribution in [0.2, 0.25) is 0 Å². The number of ether oxygens (including phenoxy) is 2. The monoisotopic (exact) mass is 352 g/mol. The second-order valence-corrected chi connectivity index (χ2v) is 6.68. The van der Waals surface area contributed by atoms with Crippen molar-refractivity contribution in [2.75, 3.05) is 0 Å². The van der Waals surface area contributed by atoms with E-state index in [1.54, 1.807) is 36.5 Å². The Labute approximate surface area is 149 Å². The lowest BCUT2D eigenvalue weighted by Gasteiger charge is -2.04. The highest BCUT2D eigenvalue weighted by Crippen LogP contribution is 2.36. The Kier molecular flexibility index (Phi) is 4.67. The summed E-state index contributed by atoms with van der Waals surface area (Å²) in [6.07, 6.45) is 0. The zero-order chi connectivity index (χ0) is 18.0. The molecule has 5 heteroatoms. The van der Waals surface area contributed by atoms with Crippen LogP contribution in [0.1, 0.15) is 13.8 Å². The van der Waals surface area contributed by atoms with Crippen LogP contribution in [-0.4, -0.2) is 11.9 Å². The summed E-state index contributed by atoms with van der Waals surface area (Å²) in [5, 5.41) is 1.08. The maximum Gasteiger partial charge on any atom is 0.338 e. The smallest absolute Gasteiger partial charge is 0.338 e. The Hall–Kier alpha value is -2.92. The van der Waals surface area contributed by atoms with Crippen LogP contribution < -0.4 is 9.47 Å². The van der Waals surface area contributed by atoms with E-state index >= 15 is 0 Å². The Morgan fingerprint density at radius 2 is 1.60 bits per heavy atom. The summed E-state index contributed by atoms with van der Waals surface area (Å²) < 4.78 is 11.4. The highest BCUT2D eigenvalue weighted by Gasteiger charge is 2.09. The van der Waals surface area contributed by atoms with Gasteiger partial charge < -0.3 is 9.47 Å². The van der Waals surface area contributed by atoms with E-state index in [4.69, 9.17) is 9.47 Å². The number of thiophene rings is 1. The van der Waals surface area contributed by atoms with E-state index in [1.165, 1.54) is 6.92 Å². The first-order valence-electron chi connectivity index (χ1n) is 7.62. The van der Waals surface area contributed by atoms with Gasteiger partial charge in [0.05, 0.1) is 0 Å². The molecule has 126 valence electrons. The fraction of sp³-hybridized carbons (Fsp3) is 0.100. The van der Waals surface area contributed by atoms with Crippen LogP contribution in [0.25, 0.3) is 20.5 Å². The summed E-state index contributed by atoms with van der Waals surface area (Å²) in [7, 11) is 0. The lowest BCUT2D eigenvalue weighted by molar-refractivity contribution is -0.132. The van der Waals surface area contributed by atoms with Gasteiger partial charge in [0, 0.05) is 22.1 Å². The van der Waals surface area contributed by atoms with Crippen LogP contribution in [0.4, 0.5) is 0 Å². The molecule has 0 saturated carbocycles. The summed E-state index contributed by atoms with van der Waals surface area (Å²) in [5.41, 5.74) is 1.38. The average Bonchev–Trinajstić information content (AvgIpc) is 2.98. The first-order valence-corrected chi connectivity index (χ1v) is 8.44. The number of rotatable bonds is 4. The van der Waals surface area contributed by atoms with Gasteiger partial charge in [0.1, 0.15) is 11.5 Å². The van der Waals surface area contributed by atoms with Gasteiger partial charge in [0.2, 0.25) is 0 Å². The maximum atomic E-state index is 11.5. The van der Waals surface area contributed by atoms with Gasteiger partial charge in [-0.2, -0.15) is 0 Å².